The molecule has 0 bridgehead atoms. The third kappa shape index (κ3) is 2.88. The lowest BCUT2D eigenvalue weighted by Crippen LogP contribution is -2.55. The van der Waals surface area contributed by atoms with Crippen molar-refractivity contribution in [2.75, 3.05) is 31.1 Å². The van der Waals surface area contributed by atoms with Crippen LogP contribution in [0.5, 0.6) is 0 Å². The molecule has 1 N–H and O–H groups in total. The molecule has 2 rings (SSSR count). The van der Waals surface area contributed by atoms with E-state index in [1.807, 2.05) is 0 Å². The predicted octanol–water partition coefficient (Wildman–Crippen LogP) is 0.936. The Morgan fingerprint density at radius 1 is 1.55 bits per heavy atom. The summed E-state index contributed by atoms with van der Waals surface area (Å²) in [4.78, 5) is 24.4. The number of nitro groups is 1. The van der Waals surface area contributed by atoms with E-state index in [4.69, 9.17) is 4.74 Å². The standard InChI is InChI=1S/C13H17N3O4/c1-2-20-13(17)12-9-14-7-8-15(12)10-5-3-4-6-11(10)16(18)19/h3-6,12,14H,2,7-9H2,1H3. The molecule has 0 aliphatic carbocycles. The van der Waals surface area contributed by atoms with Gasteiger partial charge < -0.3 is 15.0 Å². The molecule has 108 valence electrons. The Kier molecular flexibility index (Phi) is 4.52. The Bertz CT molecular complexity index is 506. The number of nitrogens with one attached hydrogen (secondary N) is 1. The molecule has 1 unspecified atom stereocenters. The first kappa shape index (κ1) is 14.3. The van der Waals surface area contributed by atoms with Gasteiger partial charge in [0.05, 0.1) is 11.5 Å². The molecule has 0 spiro atoms. The van der Waals surface area contributed by atoms with Gasteiger partial charge in [0.2, 0.25) is 0 Å². The topological polar surface area (TPSA) is 84.7 Å². The molecule has 1 aliphatic rings. The van der Waals surface area contributed by atoms with Gasteiger partial charge in [-0.1, -0.05) is 12.1 Å². The van der Waals surface area contributed by atoms with Gasteiger partial charge in [-0.25, -0.2) is 4.79 Å². The fourth-order valence-electron chi connectivity index (χ4n) is 2.30. The van der Waals surface area contributed by atoms with Gasteiger partial charge >= 0.3 is 5.97 Å². The van der Waals surface area contributed by atoms with Crippen molar-refractivity contribution in [3.63, 3.8) is 0 Å². The maximum atomic E-state index is 12.0. The minimum Gasteiger partial charge on any atom is -0.464 e. The second-order valence-corrected chi connectivity index (χ2v) is 4.41. The van der Waals surface area contributed by atoms with E-state index < -0.39 is 11.0 Å². The fourth-order valence-corrected chi connectivity index (χ4v) is 2.30. The lowest BCUT2D eigenvalue weighted by atomic mass is 10.1. The van der Waals surface area contributed by atoms with Crippen LogP contribution in [0, 0.1) is 10.1 Å². The van der Waals surface area contributed by atoms with Gasteiger partial charge in [0.1, 0.15) is 11.7 Å². The summed E-state index contributed by atoms with van der Waals surface area (Å²) in [5, 5.41) is 14.2. The first-order valence-electron chi connectivity index (χ1n) is 6.52. The number of hydrogen-bond donors (Lipinski definition) is 1. The molecule has 0 saturated carbocycles. The minimum absolute atomic E-state index is 0.00342. The Labute approximate surface area is 116 Å². The van der Waals surface area contributed by atoms with Crippen LogP contribution in [0.3, 0.4) is 0 Å². The molecule has 0 aromatic heterocycles. The molecule has 7 heteroatoms. The predicted molar refractivity (Wildman–Crippen MR) is 73.7 cm³/mol. The average Bonchev–Trinajstić information content (AvgIpc) is 2.47. The van der Waals surface area contributed by atoms with Gasteiger partial charge in [0.15, 0.2) is 0 Å². The molecule has 1 saturated heterocycles. The van der Waals surface area contributed by atoms with E-state index in [0.29, 0.717) is 31.9 Å². The molecule has 20 heavy (non-hydrogen) atoms. The quantitative estimate of drug-likeness (QED) is 0.501. The van der Waals surface area contributed by atoms with Crippen LogP contribution in [0.2, 0.25) is 0 Å². The number of nitro benzene ring substituents is 1. The first-order chi connectivity index (χ1) is 9.65. The maximum Gasteiger partial charge on any atom is 0.330 e. The smallest absolute Gasteiger partial charge is 0.330 e. The van der Waals surface area contributed by atoms with E-state index in [-0.39, 0.29) is 11.7 Å². The van der Waals surface area contributed by atoms with E-state index >= 15 is 0 Å². The number of nitrogens with zero attached hydrogens (tertiary/aromatic N) is 2. The number of hydrogen-bond acceptors (Lipinski definition) is 6. The zero-order valence-corrected chi connectivity index (χ0v) is 11.2. The van der Waals surface area contributed by atoms with E-state index in [1.54, 1.807) is 30.0 Å². The van der Waals surface area contributed by atoms with Crippen LogP contribution in [0.25, 0.3) is 0 Å². The van der Waals surface area contributed by atoms with Crippen molar-refractivity contribution in [2.24, 2.45) is 0 Å². The summed E-state index contributed by atoms with van der Waals surface area (Å²) in [6.07, 6.45) is 0. The number of rotatable bonds is 4. The van der Waals surface area contributed by atoms with Crippen molar-refractivity contribution >= 4 is 17.3 Å². The van der Waals surface area contributed by atoms with Gasteiger partial charge in [0.25, 0.3) is 5.69 Å². The summed E-state index contributed by atoms with van der Waals surface area (Å²) < 4.78 is 5.04. The summed E-state index contributed by atoms with van der Waals surface area (Å²) in [6.45, 7) is 3.64. The van der Waals surface area contributed by atoms with Crippen LogP contribution in [-0.4, -0.2) is 43.2 Å². The van der Waals surface area contributed by atoms with Crippen LogP contribution in [0.15, 0.2) is 24.3 Å². The van der Waals surface area contributed by atoms with Crippen molar-refractivity contribution < 1.29 is 14.5 Å². The number of para-hydroxylation sites is 2. The summed E-state index contributed by atoms with van der Waals surface area (Å²) in [7, 11) is 0. The maximum absolute atomic E-state index is 12.0. The van der Waals surface area contributed by atoms with Crippen molar-refractivity contribution in [1.82, 2.24) is 5.32 Å². The molecule has 1 fully saturated rings. The Balaban J connectivity index is 2.33. The third-order valence-corrected chi connectivity index (χ3v) is 3.19. The number of carbonyl (C=O) groups excluding carboxylic acids is 1. The Morgan fingerprint density at radius 3 is 3.00 bits per heavy atom. The molecular weight excluding hydrogens is 262 g/mol. The highest BCUT2D eigenvalue weighted by atomic mass is 16.6. The zero-order chi connectivity index (χ0) is 14.5. The minimum atomic E-state index is -0.537. The highest BCUT2D eigenvalue weighted by molar-refractivity contribution is 5.82. The molecule has 1 aromatic carbocycles. The van der Waals surface area contributed by atoms with Crippen molar-refractivity contribution in [1.29, 1.82) is 0 Å². The van der Waals surface area contributed by atoms with Crippen LogP contribution >= 0.6 is 0 Å². The van der Waals surface area contributed by atoms with Crippen LogP contribution < -0.4 is 10.2 Å². The summed E-state index contributed by atoms with van der Waals surface area (Å²) in [5.74, 6) is -0.363. The lowest BCUT2D eigenvalue weighted by Gasteiger charge is -2.35. The number of anilines is 1. The second kappa shape index (κ2) is 6.33. The number of esters is 1. The van der Waals surface area contributed by atoms with Gasteiger partial charge in [-0.3, -0.25) is 10.1 Å². The molecule has 0 radical (unpaired) electrons. The second-order valence-electron chi connectivity index (χ2n) is 4.41. The van der Waals surface area contributed by atoms with E-state index in [1.165, 1.54) is 6.07 Å². The van der Waals surface area contributed by atoms with E-state index in [9.17, 15) is 14.9 Å². The number of benzene rings is 1. The monoisotopic (exact) mass is 279 g/mol. The van der Waals surface area contributed by atoms with Crippen molar-refractivity contribution in [3.05, 3.63) is 34.4 Å². The number of piperazine rings is 1. The van der Waals surface area contributed by atoms with Gasteiger partial charge in [0, 0.05) is 25.7 Å². The van der Waals surface area contributed by atoms with Gasteiger partial charge in [-0.05, 0) is 13.0 Å². The molecule has 1 aliphatic heterocycles. The van der Waals surface area contributed by atoms with E-state index in [2.05, 4.69) is 5.32 Å². The highest BCUT2D eigenvalue weighted by Crippen LogP contribution is 2.29. The Hall–Kier alpha value is -2.15. The number of ether oxygens (including phenoxy) is 1. The molecule has 0 amide bonds. The molecule has 7 nitrogen and oxygen atoms in total. The Morgan fingerprint density at radius 2 is 2.30 bits per heavy atom. The van der Waals surface area contributed by atoms with Crippen LogP contribution in [0.4, 0.5) is 11.4 Å². The summed E-state index contributed by atoms with van der Waals surface area (Å²) in [6, 6.07) is 5.91. The molecular formula is C13H17N3O4. The highest BCUT2D eigenvalue weighted by Gasteiger charge is 2.33. The molecule has 1 aromatic rings. The largest absolute Gasteiger partial charge is 0.464 e. The average molecular weight is 279 g/mol. The van der Waals surface area contributed by atoms with Crippen molar-refractivity contribution in [3.8, 4) is 0 Å². The fraction of sp³-hybridized carbons (Fsp3) is 0.462. The molecule has 1 atom stereocenters. The summed E-state index contributed by atoms with van der Waals surface area (Å²) in [5.41, 5.74) is 0.459. The lowest BCUT2D eigenvalue weighted by molar-refractivity contribution is -0.384. The van der Waals surface area contributed by atoms with Gasteiger partial charge in [-0.2, -0.15) is 0 Å². The third-order valence-electron chi connectivity index (χ3n) is 3.19. The number of carbonyl (C=O) groups is 1. The van der Waals surface area contributed by atoms with Crippen molar-refractivity contribution in [2.45, 2.75) is 13.0 Å². The molecule has 1 heterocycles. The first-order valence-corrected chi connectivity index (χ1v) is 6.52. The van der Waals surface area contributed by atoms with Gasteiger partial charge in [-0.15, -0.1) is 0 Å². The van der Waals surface area contributed by atoms with E-state index in [0.717, 1.165) is 0 Å². The van der Waals surface area contributed by atoms with Crippen LogP contribution in [0.1, 0.15) is 6.92 Å². The zero-order valence-electron chi connectivity index (χ0n) is 11.2. The SMILES string of the molecule is CCOC(=O)C1CNCCN1c1ccccc1[N+](=O)[O-]. The normalized spacial score (nSPS) is 18.6. The van der Waals surface area contributed by atoms with Crippen LogP contribution in [-0.2, 0) is 9.53 Å². The summed E-state index contributed by atoms with van der Waals surface area (Å²) >= 11 is 0.